The van der Waals surface area contributed by atoms with Crippen LogP contribution in [0.3, 0.4) is 0 Å². The van der Waals surface area contributed by atoms with E-state index in [2.05, 4.69) is 21.0 Å². The van der Waals surface area contributed by atoms with Crippen molar-refractivity contribution >= 4 is 33.2 Å². The molecule has 0 fully saturated rings. The number of anilines is 1. The number of hydrogen-bond donors (Lipinski definition) is 1. The van der Waals surface area contributed by atoms with Gasteiger partial charge in [0.15, 0.2) is 0 Å². The van der Waals surface area contributed by atoms with E-state index < -0.39 is 0 Å². The van der Waals surface area contributed by atoms with E-state index in [1.165, 1.54) is 0 Å². The van der Waals surface area contributed by atoms with Gasteiger partial charge >= 0.3 is 0 Å². The molecule has 0 bridgehead atoms. The summed E-state index contributed by atoms with van der Waals surface area (Å²) >= 11 is 9.50. The minimum absolute atomic E-state index is 0.627. The van der Waals surface area contributed by atoms with Gasteiger partial charge in [-0.15, -0.1) is 0 Å². The molecule has 1 aromatic carbocycles. The van der Waals surface area contributed by atoms with Crippen LogP contribution in [0.5, 0.6) is 0 Å². The second kappa shape index (κ2) is 3.87. The van der Waals surface area contributed by atoms with Crippen molar-refractivity contribution in [1.82, 2.24) is 9.78 Å². The molecule has 1 aromatic heterocycles. The number of nitrogens with two attached hydrogens (primary N) is 1. The van der Waals surface area contributed by atoms with Crippen molar-refractivity contribution < 1.29 is 0 Å². The maximum Gasteiger partial charge on any atom is 0.0923 e. The van der Waals surface area contributed by atoms with Crippen molar-refractivity contribution in [1.29, 1.82) is 0 Å². The number of halogens is 2. The van der Waals surface area contributed by atoms with Crippen LogP contribution in [0, 0.1) is 0 Å². The van der Waals surface area contributed by atoms with Crippen LogP contribution in [0.25, 0.3) is 11.3 Å². The Labute approximate surface area is 101 Å². The zero-order chi connectivity index (χ0) is 11.0. The summed E-state index contributed by atoms with van der Waals surface area (Å²) in [6.45, 7) is 0. The maximum absolute atomic E-state index is 6.14. The number of rotatable bonds is 1. The van der Waals surface area contributed by atoms with Crippen molar-refractivity contribution in [3.05, 3.63) is 33.9 Å². The van der Waals surface area contributed by atoms with E-state index in [0.717, 1.165) is 15.7 Å². The molecule has 0 spiro atoms. The molecular weight excluding hydrogens is 277 g/mol. The number of benzene rings is 1. The van der Waals surface area contributed by atoms with E-state index in [-0.39, 0.29) is 0 Å². The average molecular weight is 287 g/mol. The van der Waals surface area contributed by atoms with Crippen LogP contribution in [0.15, 0.2) is 28.9 Å². The van der Waals surface area contributed by atoms with Crippen molar-refractivity contribution in [3.8, 4) is 11.3 Å². The van der Waals surface area contributed by atoms with Crippen molar-refractivity contribution in [2.45, 2.75) is 0 Å². The Kier molecular flexibility index (Phi) is 2.71. The van der Waals surface area contributed by atoms with E-state index in [4.69, 9.17) is 17.3 Å². The summed E-state index contributed by atoms with van der Waals surface area (Å²) in [7, 11) is 1.84. The Morgan fingerprint density at radius 2 is 2.20 bits per heavy atom. The quantitative estimate of drug-likeness (QED) is 0.875. The molecule has 2 N–H and O–H groups in total. The Bertz CT molecular complexity index is 488. The van der Waals surface area contributed by atoms with Gasteiger partial charge in [0.05, 0.1) is 22.6 Å². The second-order valence-corrected chi connectivity index (χ2v) is 4.52. The molecule has 0 unspecified atom stereocenters. The van der Waals surface area contributed by atoms with Crippen molar-refractivity contribution in [3.63, 3.8) is 0 Å². The molecule has 0 aliphatic rings. The topological polar surface area (TPSA) is 43.8 Å². The Morgan fingerprint density at radius 3 is 2.73 bits per heavy atom. The van der Waals surface area contributed by atoms with Crippen LogP contribution in [0.2, 0.25) is 5.02 Å². The smallest absolute Gasteiger partial charge is 0.0923 e. The molecular formula is C10H9BrClN3. The lowest BCUT2D eigenvalue weighted by molar-refractivity contribution is 0.776. The monoisotopic (exact) mass is 285 g/mol. The third-order valence-corrected chi connectivity index (χ3v) is 2.96. The van der Waals surface area contributed by atoms with Gasteiger partial charge in [-0.2, -0.15) is 5.10 Å². The van der Waals surface area contributed by atoms with E-state index in [1.54, 1.807) is 10.9 Å². The van der Waals surface area contributed by atoms with E-state index >= 15 is 0 Å². The predicted molar refractivity (Wildman–Crippen MR) is 65.8 cm³/mol. The highest BCUT2D eigenvalue weighted by atomic mass is 79.9. The number of hydrogen-bond acceptors (Lipinski definition) is 2. The summed E-state index contributed by atoms with van der Waals surface area (Å²) in [5.41, 5.74) is 8.18. The molecule has 0 amide bonds. The van der Waals surface area contributed by atoms with Crippen molar-refractivity contribution in [2.24, 2.45) is 7.05 Å². The van der Waals surface area contributed by atoms with Crippen LogP contribution in [-0.4, -0.2) is 9.78 Å². The van der Waals surface area contributed by atoms with E-state index in [1.807, 2.05) is 25.2 Å². The van der Waals surface area contributed by atoms with Gasteiger partial charge in [0.2, 0.25) is 0 Å². The zero-order valence-electron chi connectivity index (χ0n) is 8.04. The summed E-state index contributed by atoms with van der Waals surface area (Å²) in [4.78, 5) is 0. The summed E-state index contributed by atoms with van der Waals surface area (Å²) in [6, 6.07) is 5.68. The second-order valence-electron chi connectivity index (χ2n) is 3.20. The van der Waals surface area contributed by atoms with Crippen molar-refractivity contribution in [2.75, 3.05) is 5.73 Å². The van der Waals surface area contributed by atoms with Gasteiger partial charge in [0.1, 0.15) is 0 Å². The first-order chi connectivity index (χ1) is 7.09. The van der Waals surface area contributed by atoms with Gasteiger partial charge in [0.25, 0.3) is 0 Å². The molecule has 0 atom stereocenters. The van der Waals surface area contributed by atoms with E-state index in [0.29, 0.717) is 10.7 Å². The van der Waals surface area contributed by atoms with Crippen LogP contribution in [0.1, 0.15) is 0 Å². The number of nitrogen functional groups attached to an aromatic ring is 1. The molecule has 0 aliphatic heterocycles. The highest BCUT2D eigenvalue weighted by Crippen LogP contribution is 2.33. The van der Waals surface area contributed by atoms with Gasteiger partial charge in [-0.3, -0.25) is 4.68 Å². The standard InChI is InChI=1S/C10H9BrClN3/c1-15-10(9(13)5-14-15)7-3-2-6(11)4-8(7)12/h2-5H,13H2,1H3. The molecule has 2 aromatic rings. The third-order valence-electron chi connectivity index (χ3n) is 2.15. The van der Waals surface area contributed by atoms with Gasteiger partial charge in [-0.1, -0.05) is 33.6 Å². The number of nitrogens with zero attached hydrogens (tertiary/aromatic N) is 2. The molecule has 1 heterocycles. The molecule has 2 rings (SSSR count). The lowest BCUT2D eigenvalue weighted by Gasteiger charge is -2.06. The van der Waals surface area contributed by atoms with Gasteiger partial charge in [-0.25, -0.2) is 0 Å². The minimum atomic E-state index is 0.627. The molecule has 5 heteroatoms. The summed E-state index contributed by atoms with van der Waals surface area (Å²) < 4.78 is 2.65. The summed E-state index contributed by atoms with van der Waals surface area (Å²) in [5.74, 6) is 0. The SMILES string of the molecule is Cn1ncc(N)c1-c1ccc(Br)cc1Cl. The molecule has 15 heavy (non-hydrogen) atoms. The third kappa shape index (κ3) is 1.87. The van der Waals surface area contributed by atoms with Gasteiger partial charge in [0, 0.05) is 17.1 Å². The molecule has 78 valence electrons. The van der Waals surface area contributed by atoms with Crippen LogP contribution < -0.4 is 5.73 Å². The predicted octanol–water partition coefficient (Wildman–Crippen LogP) is 3.09. The first-order valence-electron chi connectivity index (χ1n) is 4.32. The summed E-state index contributed by atoms with van der Waals surface area (Å²) in [5, 5.41) is 4.73. The maximum atomic E-state index is 6.14. The molecule has 3 nitrogen and oxygen atoms in total. The highest BCUT2D eigenvalue weighted by molar-refractivity contribution is 9.10. The molecule has 0 saturated carbocycles. The van der Waals surface area contributed by atoms with Gasteiger partial charge in [-0.05, 0) is 12.1 Å². The lowest BCUT2D eigenvalue weighted by atomic mass is 10.1. The van der Waals surface area contributed by atoms with Crippen LogP contribution >= 0.6 is 27.5 Å². The molecule has 0 saturated heterocycles. The first kappa shape index (κ1) is 10.5. The number of aryl methyl sites for hydroxylation is 1. The lowest BCUT2D eigenvalue weighted by Crippen LogP contribution is -1.96. The van der Waals surface area contributed by atoms with Crippen LogP contribution in [-0.2, 0) is 7.05 Å². The zero-order valence-corrected chi connectivity index (χ0v) is 10.4. The summed E-state index contributed by atoms with van der Waals surface area (Å²) in [6.07, 6.45) is 1.62. The molecule has 0 radical (unpaired) electrons. The first-order valence-corrected chi connectivity index (χ1v) is 5.49. The fourth-order valence-corrected chi connectivity index (χ4v) is 2.23. The highest BCUT2D eigenvalue weighted by Gasteiger charge is 2.11. The fourth-order valence-electron chi connectivity index (χ4n) is 1.47. The minimum Gasteiger partial charge on any atom is -0.396 e. The Morgan fingerprint density at radius 1 is 1.47 bits per heavy atom. The normalized spacial score (nSPS) is 10.6. The number of aromatic nitrogens is 2. The Hall–Kier alpha value is -1.000. The average Bonchev–Trinajstić information content (AvgIpc) is 2.48. The molecule has 0 aliphatic carbocycles. The van der Waals surface area contributed by atoms with Crippen LogP contribution in [0.4, 0.5) is 5.69 Å². The van der Waals surface area contributed by atoms with E-state index in [9.17, 15) is 0 Å². The largest absolute Gasteiger partial charge is 0.396 e. The Balaban J connectivity index is 2.64. The fraction of sp³-hybridized carbons (Fsp3) is 0.100. The van der Waals surface area contributed by atoms with Gasteiger partial charge < -0.3 is 5.73 Å².